The van der Waals surface area contributed by atoms with E-state index in [1.54, 1.807) is 0 Å². The van der Waals surface area contributed by atoms with Gasteiger partial charge in [0.1, 0.15) is 5.58 Å². The molecule has 0 aliphatic heterocycles. The second kappa shape index (κ2) is 12.3. The zero-order valence-electron chi connectivity index (χ0n) is 28.0. The van der Waals surface area contributed by atoms with E-state index < -0.39 is 0 Å². The molecule has 244 valence electrons. The van der Waals surface area contributed by atoms with Crippen LogP contribution in [0.2, 0.25) is 0 Å². The number of fused-ring (bicyclic) bond motifs is 5. The Morgan fingerprint density at radius 3 is 1.44 bits per heavy atom. The Bertz CT molecular complexity index is 2770. The number of anilines is 3. The highest BCUT2D eigenvalue weighted by atomic mass is 16.3. The van der Waals surface area contributed by atoms with Crippen molar-refractivity contribution in [3.05, 3.63) is 182 Å². The fraction of sp³-hybridized carbons (Fsp3) is 0. The summed E-state index contributed by atoms with van der Waals surface area (Å²) in [6.45, 7) is 0. The zero-order valence-corrected chi connectivity index (χ0v) is 28.0. The van der Waals surface area contributed by atoms with Gasteiger partial charge in [0, 0.05) is 62.8 Å². The first-order valence-corrected chi connectivity index (χ1v) is 17.3. The van der Waals surface area contributed by atoms with Crippen LogP contribution >= 0.6 is 0 Å². The molecule has 0 saturated carbocycles. The van der Waals surface area contributed by atoms with E-state index in [1.807, 2.05) is 48.9 Å². The van der Waals surface area contributed by atoms with Gasteiger partial charge in [-0.2, -0.15) is 0 Å². The monoisotopic (exact) mass is 666 g/mol. The lowest BCUT2D eigenvalue weighted by molar-refractivity contribution is 0.654. The highest BCUT2D eigenvalue weighted by Crippen LogP contribution is 2.39. The molecule has 0 spiro atoms. The molecule has 0 aliphatic carbocycles. The van der Waals surface area contributed by atoms with E-state index in [0.29, 0.717) is 5.71 Å². The Kier molecular flexibility index (Phi) is 7.07. The van der Waals surface area contributed by atoms with Gasteiger partial charge in [-0.25, -0.2) is 4.98 Å². The standard InChI is InChI=1S/C47H30N4O/c1-2-8-46-42(7-1)43-29-38(30-50-47(43)52-46)33-13-21-41(22-14-33)51(39-17-9-31(10-18-39)34-15-23-44-36(27-34)5-3-25-48-44)40-19-11-32(12-20-40)35-16-24-45-37(28-35)6-4-26-49-45/h1-30H. The van der Waals surface area contributed by atoms with Crippen LogP contribution in [-0.2, 0) is 0 Å². The van der Waals surface area contributed by atoms with Crippen molar-refractivity contribution in [2.75, 3.05) is 4.90 Å². The van der Waals surface area contributed by atoms with Gasteiger partial charge in [-0.3, -0.25) is 9.97 Å². The Balaban J connectivity index is 1.02. The molecule has 0 atom stereocenters. The fourth-order valence-electron chi connectivity index (χ4n) is 7.13. The molecule has 0 amide bonds. The topological polar surface area (TPSA) is 55.1 Å². The average molecular weight is 667 g/mol. The van der Waals surface area contributed by atoms with Gasteiger partial charge in [-0.05, 0) is 113 Å². The van der Waals surface area contributed by atoms with Gasteiger partial charge in [0.05, 0.1) is 11.0 Å². The van der Waals surface area contributed by atoms with E-state index in [-0.39, 0.29) is 0 Å². The third-order valence-corrected chi connectivity index (χ3v) is 9.82. The van der Waals surface area contributed by atoms with Gasteiger partial charge >= 0.3 is 0 Å². The van der Waals surface area contributed by atoms with Crippen molar-refractivity contribution in [1.29, 1.82) is 0 Å². The summed E-state index contributed by atoms with van der Waals surface area (Å²) in [6, 6.07) is 57.6. The summed E-state index contributed by atoms with van der Waals surface area (Å²) in [5.41, 5.74) is 13.4. The van der Waals surface area contributed by atoms with Crippen LogP contribution in [0.25, 0.3) is 77.3 Å². The minimum atomic E-state index is 0.653. The second-order valence-corrected chi connectivity index (χ2v) is 13.0. The molecular weight excluding hydrogens is 637 g/mol. The van der Waals surface area contributed by atoms with E-state index in [2.05, 4.69) is 153 Å². The van der Waals surface area contributed by atoms with Gasteiger partial charge in [0.15, 0.2) is 0 Å². The molecule has 4 aromatic heterocycles. The minimum Gasteiger partial charge on any atom is -0.438 e. The van der Waals surface area contributed by atoms with Crippen LogP contribution in [0.15, 0.2) is 187 Å². The van der Waals surface area contributed by atoms with Crippen molar-refractivity contribution in [3.63, 3.8) is 0 Å². The summed E-state index contributed by atoms with van der Waals surface area (Å²) in [7, 11) is 0. The maximum atomic E-state index is 5.98. The number of pyridine rings is 3. The van der Waals surface area contributed by atoms with E-state index >= 15 is 0 Å². The van der Waals surface area contributed by atoms with Crippen LogP contribution in [0.1, 0.15) is 0 Å². The number of para-hydroxylation sites is 1. The SMILES string of the molecule is c1cnc2ccc(-c3ccc(N(c4ccc(-c5ccc6ncccc6c5)cc4)c4ccc(-c5cnc6oc7ccccc7c6c5)cc4)cc3)cc2c1. The smallest absolute Gasteiger partial charge is 0.227 e. The number of nitrogens with zero attached hydrogens (tertiary/aromatic N) is 4. The van der Waals surface area contributed by atoms with Crippen LogP contribution in [-0.4, -0.2) is 15.0 Å². The van der Waals surface area contributed by atoms with Crippen molar-refractivity contribution in [2.45, 2.75) is 0 Å². The summed E-state index contributed by atoms with van der Waals surface area (Å²) >= 11 is 0. The first kappa shape index (κ1) is 29.8. The van der Waals surface area contributed by atoms with Crippen molar-refractivity contribution in [1.82, 2.24) is 15.0 Å². The van der Waals surface area contributed by atoms with Gasteiger partial charge in [-0.1, -0.05) is 78.9 Å². The number of furan rings is 1. The van der Waals surface area contributed by atoms with Gasteiger partial charge in [0.2, 0.25) is 5.71 Å². The number of hydrogen-bond donors (Lipinski definition) is 0. The van der Waals surface area contributed by atoms with Crippen molar-refractivity contribution >= 4 is 60.9 Å². The predicted molar refractivity (Wildman–Crippen MR) is 213 cm³/mol. The molecule has 10 aromatic rings. The zero-order chi connectivity index (χ0) is 34.4. The van der Waals surface area contributed by atoms with E-state index in [9.17, 15) is 0 Å². The van der Waals surface area contributed by atoms with E-state index in [0.717, 1.165) is 88.6 Å². The lowest BCUT2D eigenvalue weighted by Gasteiger charge is -2.26. The number of benzene rings is 6. The molecule has 0 fully saturated rings. The number of hydrogen-bond acceptors (Lipinski definition) is 5. The van der Waals surface area contributed by atoms with Gasteiger partial charge < -0.3 is 9.32 Å². The Hall–Kier alpha value is -7.11. The van der Waals surface area contributed by atoms with Crippen molar-refractivity contribution < 1.29 is 4.42 Å². The lowest BCUT2D eigenvalue weighted by atomic mass is 10.0. The molecule has 4 heterocycles. The van der Waals surface area contributed by atoms with Crippen LogP contribution < -0.4 is 4.90 Å². The molecular formula is C47H30N4O. The maximum Gasteiger partial charge on any atom is 0.227 e. The average Bonchev–Trinajstić information content (AvgIpc) is 3.59. The predicted octanol–water partition coefficient (Wildman–Crippen LogP) is 12.5. The van der Waals surface area contributed by atoms with Crippen LogP contribution in [0.5, 0.6) is 0 Å². The molecule has 10 rings (SSSR count). The van der Waals surface area contributed by atoms with Crippen molar-refractivity contribution in [2.24, 2.45) is 0 Å². The lowest BCUT2D eigenvalue weighted by Crippen LogP contribution is -2.09. The highest BCUT2D eigenvalue weighted by Gasteiger charge is 2.15. The van der Waals surface area contributed by atoms with Gasteiger partial charge in [0.25, 0.3) is 0 Å². The minimum absolute atomic E-state index is 0.653. The quantitative estimate of drug-likeness (QED) is 0.177. The normalized spacial score (nSPS) is 11.5. The highest BCUT2D eigenvalue weighted by molar-refractivity contribution is 6.04. The van der Waals surface area contributed by atoms with E-state index in [4.69, 9.17) is 4.42 Å². The Morgan fingerprint density at radius 2 is 0.885 bits per heavy atom. The van der Waals surface area contributed by atoms with E-state index in [1.165, 1.54) is 0 Å². The molecule has 0 unspecified atom stereocenters. The van der Waals surface area contributed by atoms with Crippen LogP contribution in [0.3, 0.4) is 0 Å². The molecule has 6 aromatic carbocycles. The molecule has 0 saturated heterocycles. The molecule has 0 bridgehead atoms. The van der Waals surface area contributed by atoms with Crippen LogP contribution in [0, 0.1) is 0 Å². The molecule has 5 nitrogen and oxygen atoms in total. The van der Waals surface area contributed by atoms with Gasteiger partial charge in [-0.15, -0.1) is 0 Å². The molecule has 0 N–H and O–H groups in total. The third kappa shape index (κ3) is 5.32. The van der Waals surface area contributed by atoms with Crippen LogP contribution in [0.4, 0.5) is 17.1 Å². The third-order valence-electron chi connectivity index (χ3n) is 9.82. The van der Waals surface area contributed by atoms with Crippen molar-refractivity contribution in [3.8, 4) is 33.4 Å². The maximum absolute atomic E-state index is 5.98. The number of rotatable bonds is 6. The Morgan fingerprint density at radius 1 is 0.385 bits per heavy atom. The molecule has 52 heavy (non-hydrogen) atoms. The summed E-state index contributed by atoms with van der Waals surface area (Å²) in [5, 5.41) is 4.35. The largest absolute Gasteiger partial charge is 0.438 e. The molecule has 0 radical (unpaired) electrons. The summed E-state index contributed by atoms with van der Waals surface area (Å²) < 4.78 is 5.98. The Labute approximate surface area is 300 Å². The molecule has 5 heteroatoms. The number of aromatic nitrogens is 3. The second-order valence-electron chi connectivity index (χ2n) is 13.0. The summed E-state index contributed by atoms with van der Waals surface area (Å²) in [6.07, 6.45) is 5.56. The first-order valence-electron chi connectivity index (χ1n) is 17.3. The summed E-state index contributed by atoms with van der Waals surface area (Å²) in [5.74, 6) is 0. The molecule has 0 aliphatic rings. The fourth-order valence-corrected chi connectivity index (χ4v) is 7.13. The summed E-state index contributed by atoms with van der Waals surface area (Å²) in [4.78, 5) is 15.9. The first-order chi connectivity index (χ1) is 25.7.